The van der Waals surface area contributed by atoms with Crippen LogP contribution in [0.1, 0.15) is 6.92 Å². The summed E-state index contributed by atoms with van der Waals surface area (Å²) >= 11 is 0. The van der Waals surface area contributed by atoms with Crippen LogP contribution in [-0.4, -0.2) is 49.1 Å². The van der Waals surface area contributed by atoms with Gasteiger partial charge in [-0.25, -0.2) is 4.79 Å². The topological polar surface area (TPSA) is 49.6 Å². The van der Waals surface area contributed by atoms with E-state index in [0.29, 0.717) is 12.5 Å². The number of rotatable bonds is 0. The van der Waals surface area contributed by atoms with Crippen molar-refractivity contribution in [3.05, 3.63) is 0 Å². The van der Waals surface area contributed by atoms with Gasteiger partial charge in [0.15, 0.2) is 0 Å². The largest absolute Gasteiger partial charge is 0.331 e. The second-order valence-corrected chi connectivity index (χ2v) is 3.72. The van der Waals surface area contributed by atoms with E-state index in [9.17, 15) is 4.79 Å². The van der Waals surface area contributed by atoms with E-state index in [1.807, 2.05) is 0 Å². The van der Waals surface area contributed by atoms with Crippen LogP contribution in [-0.2, 0) is 0 Å². The SMILES string of the molecule is CC1CN(C(=O)N(C)C)CC1N. The van der Waals surface area contributed by atoms with Crippen molar-refractivity contribution < 1.29 is 4.79 Å². The molecule has 1 aliphatic heterocycles. The molecular formula is C8H17N3O. The lowest BCUT2D eigenvalue weighted by Crippen LogP contribution is -2.38. The van der Waals surface area contributed by atoms with Gasteiger partial charge < -0.3 is 15.5 Å². The Bertz CT molecular complexity index is 171. The summed E-state index contributed by atoms with van der Waals surface area (Å²) in [5, 5.41) is 0. The van der Waals surface area contributed by atoms with Crippen LogP contribution in [0.25, 0.3) is 0 Å². The molecule has 2 amide bonds. The number of carbonyl (C=O) groups is 1. The van der Waals surface area contributed by atoms with Gasteiger partial charge >= 0.3 is 6.03 Å². The Balaban J connectivity index is 2.52. The molecule has 0 aromatic carbocycles. The number of likely N-dealkylation sites (tertiary alicyclic amines) is 1. The highest BCUT2D eigenvalue weighted by Crippen LogP contribution is 2.15. The van der Waals surface area contributed by atoms with Crippen LogP contribution in [0.5, 0.6) is 0 Å². The Morgan fingerprint density at radius 1 is 1.50 bits per heavy atom. The molecule has 0 radical (unpaired) electrons. The van der Waals surface area contributed by atoms with Gasteiger partial charge in [0, 0.05) is 33.2 Å². The highest BCUT2D eigenvalue weighted by atomic mass is 16.2. The van der Waals surface area contributed by atoms with Gasteiger partial charge in [0.1, 0.15) is 0 Å². The van der Waals surface area contributed by atoms with E-state index in [2.05, 4.69) is 6.92 Å². The Morgan fingerprint density at radius 3 is 2.42 bits per heavy atom. The zero-order valence-electron chi connectivity index (χ0n) is 7.95. The van der Waals surface area contributed by atoms with E-state index >= 15 is 0 Å². The molecule has 0 spiro atoms. The van der Waals surface area contributed by atoms with Crippen LogP contribution in [0.4, 0.5) is 4.79 Å². The predicted molar refractivity (Wildman–Crippen MR) is 47.8 cm³/mol. The molecule has 70 valence electrons. The molecule has 1 saturated heterocycles. The van der Waals surface area contributed by atoms with Crippen molar-refractivity contribution in [1.29, 1.82) is 0 Å². The minimum absolute atomic E-state index is 0.0646. The summed E-state index contributed by atoms with van der Waals surface area (Å²) in [7, 11) is 3.52. The van der Waals surface area contributed by atoms with Gasteiger partial charge in [-0.15, -0.1) is 0 Å². The first-order valence-corrected chi connectivity index (χ1v) is 4.24. The third kappa shape index (κ3) is 1.69. The fraction of sp³-hybridized carbons (Fsp3) is 0.875. The molecule has 1 heterocycles. The van der Waals surface area contributed by atoms with Crippen molar-refractivity contribution in [1.82, 2.24) is 9.80 Å². The maximum Gasteiger partial charge on any atom is 0.319 e. The summed E-state index contributed by atoms with van der Waals surface area (Å²) < 4.78 is 0. The normalized spacial score (nSPS) is 29.2. The highest BCUT2D eigenvalue weighted by molar-refractivity contribution is 5.74. The molecule has 2 atom stereocenters. The van der Waals surface area contributed by atoms with Crippen LogP contribution >= 0.6 is 0 Å². The molecule has 0 aromatic heterocycles. The predicted octanol–water partition coefficient (Wildman–Crippen LogP) is -0.0530. The number of amides is 2. The molecule has 0 saturated carbocycles. The fourth-order valence-electron chi connectivity index (χ4n) is 1.43. The first-order valence-electron chi connectivity index (χ1n) is 4.24. The molecule has 1 aliphatic rings. The van der Waals surface area contributed by atoms with Gasteiger partial charge in [-0.05, 0) is 5.92 Å². The summed E-state index contributed by atoms with van der Waals surface area (Å²) in [6.07, 6.45) is 0. The van der Waals surface area contributed by atoms with Gasteiger partial charge in [0.05, 0.1) is 0 Å². The third-order valence-corrected chi connectivity index (χ3v) is 2.32. The Labute approximate surface area is 73.3 Å². The van der Waals surface area contributed by atoms with Crippen molar-refractivity contribution in [2.45, 2.75) is 13.0 Å². The van der Waals surface area contributed by atoms with Gasteiger partial charge in [0.2, 0.25) is 0 Å². The average molecular weight is 171 g/mol. The molecule has 4 nitrogen and oxygen atoms in total. The molecule has 12 heavy (non-hydrogen) atoms. The quantitative estimate of drug-likeness (QED) is 0.555. The fourth-order valence-corrected chi connectivity index (χ4v) is 1.43. The average Bonchev–Trinajstić information content (AvgIpc) is 2.30. The first-order chi connectivity index (χ1) is 5.52. The van der Waals surface area contributed by atoms with Crippen LogP contribution in [0, 0.1) is 5.92 Å². The molecule has 0 aliphatic carbocycles. The molecular weight excluding hydrogens is 154 g/mol. The lowest BCUT2D eigenvalue weighted by Gasteiger charge is -2.20. The minimum Gasteiger partial charge on any atom is -0.331 e. The summed E-state index contributed by atoms with van der Waals surface area (Å²) in [6, 6.07) is 0.212. The van der Waals surface area contributed by atoms with Crippen molar-refractivity contribution in [2.24, 2.45) is 11.7 Å². The number of carbonyl (C=O) groups excluding carboxylic acids is 1. The number of hydrogen-bond donors (Lipinski definition) is 1. The first kappa shape index (κ1) is 9.32. The number of urea groups is 1. The Morgan fingerprint density at radius 2 is 2.08 bits per heavy atom. The maximum absolute atomic E-state index is 11.4. The summed E-state index contributed by atoms with van der Waals surface area (Å²) in [5.41, 5.74) is 5.79. The van der Waals surface area contributed by atoms with Gasteiger partial charge in [-0.3, -0.25) is 0 Å². The summed E-state index contributed by atoms with van der Waals surface area (Å²) in [6.45, 7) is 3.56. The standard InChI is InChI=1S/C8H17N3O/c1-6-4-11(5-7(6)9)8(12)10(2)3/h6-7H,4-5,9H2,1-3H3. The molecule has 0 aromatic rings. The molecule has 1 fully saturated rings. The van der Waals surface area contributed by atoms with Crippen LogP contribution in [0.3, 0.4) is 0 Å². The zero-order chi connectivity index (χ0) is 9.30. The Hall–Kier alpha value is -0.770. The third-order valence-electron chi connectivity index (χ3n) is 2.32. The second-order valence-electron chi connectivity index (χ2n) is 3.72. The lowest BCUT2D eigenvalue weighted by atomic mass is 10.1. The van der Waals surface area contributed by atoms with Crippen LogP contribution < -0.4 is 5.73 Å². The molecule has 4 heteroatoms. The highest BCUT2D eigenvalue weighted by Gasteiger charge is 2.30. The second kappa shape index (κ2) is 3.31. The van der Waals surface area contributed by atoms with Crippen LogP contribution in [0.15, 0.2) is 0 Å². The van der Waals surface area contributed by atoms with Gasteiger partial charge in [-0.2, -0.15) is 0 Å². The monoisotopic (exact) mass is 171 g/mol. The van der Waals surface area contributed by atoms with Crippen molar-refractivity contribution >= 4 is 6.03 Å². The lowest BCUT2D eigenvalue weighted by molar-refractivity contribution is 0.180. The van der Waals surface area contributed by atoms with Gasteiger partial charge in [0.25, 0.3) is 0 Å². The van der Waals surface area contributed by atoms with Crippen molar-refractivity contribution in [3.8, 4) is 0 Å². The minimum atomic E-state index is 0.0646. The van der Waals surface area contributed by atoms with E-state index in [1.165, 1.54) is 0 Å². The number of hydrogen-bond acceptors (Lipinski definition) is 2. The van der Waals surface area contributed by atoms with E-state index in [1.54, 1.807) is 23.9 Å². The maximum atomic E-state index is 11.4. The van der Waals surface area contributed by atoms with Crippen LogP contribution in [0.2, 0.25) is 0 Å². The summed E-state index contributed by atoms with van der Waals surface area (Å²) in [5.74, 6) is 0.425. The number of nitrogens with zero attached hydrogens (tertiary/aromatic N) is 2. The van der Waals surface area contributed by atoms with Gasteiger partial charge in [-0.1, -0.05) is 6.92 Å². The summed E-state index contributed by atoms with van der Waals surface area (Å²) in [4.78, 5) is 14.8. The number of nitrogens with two attached hydrogens (primary N) is 1. The van der Waals surface area contributed by atoms with Crippen molar-refractivity contribution in [3.63, 3.8) is 0 Å². The molecule has 0 bridgehead atoms. The van der Waals surface area contributed by atoms with E-state index in [4.69, 9.17) is 5.73 Å². The zero-order valence-corrected chi connectivity index (χ0v) is 7.95. The van der Waals surface area contributed by atoms with E-state index in [0.717, 1.165) is 6.54 Å². The molecule has 2 N–H and O–H groups in total. The van der Waals surface area contributed by atoms with E-state index < -0.39 is 0 Å². The smallest absolute Gasteiger partial charge is 0.319 e. The van der Waals surface area contributed by atoms with E-state index in [-0.39, 0.29) is 12.1 Å². The molecule has 2 unspecified atom stereocenters. The van der Waals surface area contributed by atoms with Crippen molar-refractivity contribution in [2.75, 3.05) is 27.2 Å². The molecule has 1 rings (SSSR count). The Kier molecular flexibility index (Phi) is 2.57.